The van der Waals surface area contributed by atoms with Crippen LogP contribution in [0.3, 0.4) is 0 Å². The predicted octanol–water partition coefficient (Wildman–Crippen LogP) is 6.98. The Morgan fingerprint density at radius 2 is 0.619 bits per heavy atom. The molecule has 0 aliphatic rings. The summed E-state index contributed by atoms with van der Waals surface area (Å²) in [6.45, 7) is 0.121. The Morgan fingerprint density at radius 3 is 0.857 bits per heavy atom. The van der Waals surface area contributed by atoms with Gasteiger partial charge in [0.15, 0.2) is 0 Å². The van der Waals surface area contributed by atoms with E-state index in [0.717, 1.165) is 18.6 Å². The van der Waals surface area contributed by atoms with Crippen LogP contribution in [0.4, 0.5) is 0 Å². The number of rotatable bonds is 18. The van der Waals surface area contributed by atoms with E-state index in [1.807, 2.05) is 0 Å². The van der Waals surface area contributed by atoms with Gasteiger partial charge < -0.3 is 0 Å². The van der Waals surface area contributed by atoms with Gasteiger partial charge in [-0.05, 0) is 18.6 Å². The highest BCUT2D eigenvalue weighted by Crippen LogP contribution is 2.14. The van der Waals surface area contributed by atoms with Crippen molar-refractivity contribution in [2.75, 3.05) is 12.4 Å². The lowest BCUT2D eigenvalue weighted by molar-refractivity contribution is 0.186. The second-order valence-corrected chi connectivity index (χ2v) is 6.89. The minimum Gasteiger partial charge on any atom is -0.237 e. The standard InChI is InChI=1S/C19H39OS/c20-18-16-14-12-10-8-6-4-2-1-3-5-7-9-11-13-15-17-19-21/h21H,1-19H2. The van der Waals surface area contributed by atoms with E-state index in [0.29, 0.717) is 0 Å². The third kappa shape index (κ3) is 20.3. The fourth-order valence-corrected chi connectivity index (χ4v) is 3.09. The van der Waals surface area contributed by atoms with E-state index in [2.05, 4.69) is 12.6 Å². The first kappa shape index (κ1) is 21.3. The molecule has 0 saturated heterocycles. The van der Waals surface area contributed by atoms with Crippen LogP contribution in [-0.4, -0.2) is 12.4 Å². The van der Waals surface area contributed by atoms with Gasteiger partial charge in [-0.3, -0.25) is 0 Å². The van der Waals surface area contributed by atoms with Gasteiger partial charge in [-0.2, -0.15) is 12.6 Å². The molecule has 0 bridgehead atoms. The van der Waals surface area contributed by atoms with E-state index >= 15 is 0 Å². The van der Waals surface area contributed by atoms with Crippen molar-refractivity contribution in [3.63, 3.8) is 0 Å². The molecule has 0 fully saturated rings. The maximum Gasteiger partial charge on any atom is 0.0822 e. The van der Waals surface area contributed by atoms with E-state index in [-0.39, 0.29) is 6.61 Å². The average Bonchev–Trinajstić information content (AvgIpc) is 2.50. The molecule has 0 aromatic carbocycles. The Morgan fingerprint density at radius 1 is 0.381 bits per heavy atom. The Bertz CT molecular complexity index is 155. The van der Waals surface area contributed by atoms with Crippen LogP contribution >= 0.6 is 12.6 Å². The molecule has 0 aromatic heterocycles. The normalized spacial score (nSPS) is 11.1. The zero-order valence-corrected chi connectivity index (χ0v) is 15.2. The third-order valence-electron chi connectivity index (χ3n) is 4.30. The van der Waals surface area contributed by atoms with Crippen LogP contribution in [0.5, 0.6) is 0 Å². The zero-order valence-electron chi connectivity index (χ0n) is 14.3. The topological polar surface area (TPSA) is 19.9 Å². The van der Waals surface area contributed by atoms with Gasteiger partial charge in [-0.1, -0.05) is 96.3 Å². The summed E-state index contributed by atoms with van der Waals surface area (Å²) in [5.74, 6) is 1.06. The molecule has 127 valence electrons. The van der Waals surface area contributed by atoms with Gasteiger partial charge in [0.1, 0.15) is 0 Å². The Kier molecular flexibility index (Phi) is 20.6. The number of unbranched alkanes of at least 4 members (excludes halogenated alkanes) is 16. The fourth-order valence-electron chi connectivity index (χ4n) is 2.87. The second-order valence-electron chi connectivity index (χ2n) is 6.44. The fraction of sp³-hybridized carbons (Fsp3) is 1.00. The Hall–Kier alpha value is 0.310. The number of hydrogen-bond acceptors (Lipinski definition) is 1. The lowest BCUT2D eigenvalue weighted by Crippen LogP contribution is -1.85. The van der Waals surface area contributed by atoms with Crippen molar-refractivity contribution >= 4 is 12.6 Å². The van der Waals surface area contributed by atoms with Crippen molar-refractivity contribution in [1.82, 2.24) is 0 Å². The smallest absolute Gasteiger partial charge is 0.0822 e. The molecule has 0 amide bonds. The minimum atomic E-state index is 0.121. The summed E-state index contributed by atoms with van der Waals surface area (Å²) in [4.78, 5) is 0. The molecule has 1 nitrogen and oxygen atoms in total. The Labute approximate surface area is 139 Å². The predicted molar refractivity (Wildman–Crippen MR) is 97.9 cm³/mol. The van der Waals surface area contributed by atoms with Gasteiger partial charge in [-0.15, -0.1) is 0 Å². The van der Waals surface area contributed by atoms with Gasteiger partial charge in [-0.25, -0.2) is 5.11 Å². The molecule has 0 heterocycles. The lowest BCUT2D eigenvalue weighted by Gasteiger charge is -2.03. The monoisotopic (exact) mass is 315 g/mol. The molecule has 0 saturated carbocycles. The first-order valence-corrected chi connectivity index (χ1v) is 10.2. The average molecular weight is 316 g/mol. The maximum absolute atomic E-state index is 10.3. The molecule has 21 heavy (non-hydrogen) atoms. The first-order valence-electron chi connectivity index (χ1n) is 9.60. The molecule has 0 aromatic rings. The zero-order chi connectivity index (χ0) is 15.4. The van der Waals surface area contributed by atoms with Crippen LogP contribution in [-0.2, 0) is 5.11 Å². The molecule has 0 unspecified atom stereocenters. The molecule has 2 heteroatoms. The highest BCUT2D eigenvalue weighted by molar-refractivity contribution is 7.80. The highest BCUT2D eigenvalue weighted by atomic mass is 32.1. The quantitative estimate of drug-likeness (QED) is 0.208. The van der Waals surface area contributed by atoms with Crippen LogP contribution < -0.4 is 0 Å². The van der Waals surface area contributed by atoms with E-state index in [1.54, 1.807) is 0 Å². The summed E-state index contributed by atoms with van der Waals surface area (Å²) in [6.07, 6.45) is 23.0. The minimum absolute atomic E-state index is 0.121. The van der Waals surface area contributed by atoms with Gasteiger partial charge in [0.25, 0.3) is 0 Å². The van der Waals surface area contributed by atoms with Crippen molar-refractivity contribution in [2.45, 2.75) is 109 Å². The second kappa shape index (κ2) is 20.3. The summed E-state index contributed by atoms with van der Waals surface area (Å²) < 4.78 is 0. The highest BCUT2D eigenvalue weighted by Gasteiger charge is 1.94. The molecular formula is C19H39OS. The molecule has 0 rings (SSSR count). The molecular weight excluding hydrogens is 276 g/mol. The SMILES string of the molecule is [O]CCCCCCCCCCCCCCCCCCCS. The van der Waals surface area contributed by atoms with Gasteiger partial charge in [0.05, 0.1) is 6.61 Å². The van der Waals surface area contributed by atoms with Crippen molar-refractivity contribution in [3.05, 3.63) is 0 Å². The number of thiol groups is 1. The molecule has 0 spiro atoms. The first-order chi connectivity index (χ1) is 10.4. The lowest BCUT2D eigenvalue weighted by atomic mass is 10.0. The van der Waals surface area contributed by atoms with Gasteiger partial charge in [0.2, 0.25) is 0 Å². The molecule has 1 radical (unpaired) electrons. The van der Waals surface area contributed by atoms with Crippen LogP contribution in [0.15, 0.2) is 0 Å². The summed E-state index contributed by atoms with van der Waals surface area (Å²) in [5, 5.41) is 10.3. The molecule has 0 N–H and O–H groups in total. The van der Waals surface area contributed by atoms with Crippen LogP contribution in [0, 0.1) is 0 Å². The summed E-state index contributed by atoms with van der Waals surface area (Å²) >= 11 is 4.24. The van der Waals surface area contributed by atoms with Crippen molar-refractivity contribution in [1.29, 1.82) is 0 Å². The maximum atomic E-state index is 10.3. The summed E-state index contributed by atoms with van der Waals surface area (Å²) in [7, 11) is 0. The summed E-state index contributed by atoms with van der Waals surface area (Å²) in [6, 6.07) is 0. The van der Waals surface area contributed by atoms with E-state index in [1.165, 1.54) is 96.3 Å². The Balaban J connectivity index is 2.90. The van der Waals surface area contributed by atoms with E-state index in [4.69, 9.17) is 0 Å². The largest absolute Gasteiger partial charge is 0.237 e. The third-order valence-corrected chi connectivity index (χ3v) is 4.62. The van der Waals surface area contributed by atoms with Crippen molar-refractivity contribution < 1.29 is 5.11 Å². The van der Waals surface area contributed by atoms with E-state index in [9.17, 15) is 5.11 Å². The molecule has 0 atom stereocenters. The summed E-state index contributed by atoms with van der Waals surface area (Å²) in [5.41, 5.74) is 0. The van der Waals surface area contributed by atoms with Crippen molar-refractivity contribution in [2.24, 2.45) is 0 Å². The van der Waals surface area contributed by atoms with Crippen LogP contribution in [0.1, 0.15) is 109 Å². The van der Waals surface area contributed by atoms with E-state index < -0.39 is 0 Å². The van der Waals surface area contributed by atoms with Gasteiger partial charge in [0, 0.05) is 0 Å². The van der Waals surface area contributed by atoms with Crippen molar-refractivity contribution in [3.8, 4) is 0 Å². The van der Waals surface area contributed by atoms with Gasteiger partial charge >= 0.3 is 0 Å². The van der Waals surface area contributed by atoms with Crippen LogP contribution in [0.2, 0.25) is 0 Å². The number of hydrogen-bond donors (Lipinski definition) is 1. The molecule has 0 aliphatic heterocycles. The van der Waals surface area contributed by atoms with Crippen LogP contribution in [0.25, 0.3) is 0 Å². The molecule has 0 aliphatic carbocycles.